The summed E-state index contributed by atoms with van der Waals surface area (Å²) in [5.41, 5.74) is 6.20. The highest BCUT2D eigenvalue weighted by Gasteiger charge is 2.06. The summed E-state index contributed by atoms with van der Waals surface area (Å²) in [5.74, 6) is 1.94. The Kier molecular flexibility index (Phi) is 2.99. The molecule has 1 heterocycles. The smallest absolute Gasteiger partial charge is 0.248 e. The topological polar surface area (TPSA) is 98.1 Å². The van der Waals surface area contributed by atoms with Crippen LogP contribution in [-0.2, 0) is 0 Å². The Morgan fingerprint density at radius 3 is 2.59 bits per heavy atom. The number of ether oxygens (including phenoxy) is 2. The van der Waals surface area contributed by atoms with E-state index in [4.69, 9.17) is 15.2 Å². The first-order valence-electron chi connectivity index (χ1n) is 4.90. The quantitative estimate of drug-likeness (QED) is 0.735. The maximum atomic E-state index is 5.42. The van der Waals surface area contributed by atoms with E-state index in [0.29, 0.717) is 17.4 Å². The molecule has 0 radical (unpaired) electrons. The first kappa shape index (κ1) is 11.1. The molecule has 0 aliphatic carbocycles. The fourth-order valence-corrected chi connectivity index (χ4v) is 1.37. The van der Waals surface area contributed by atoms with E-state index in [-0.39, 0.29) is 5.95 Å². The fourth-order valence-electron chi connectivity index (χ4n) is 1.37. The summed E-state index contributed by atoms with van der Waals surface area (Å²) in [7, 11) is 3.16. The number of hydrogen-bond donors (Lipinski definition) is 3. The van der Waals surface area contributed by atoms with Gasteiger partial charge in [0.25, 0.3) is 0 Å². The van der Waals surface area contributed by atoms with Gasteiger partial charge in [-0.05, 0) is 12.1 Å². The molecule has 4 N–H and O–H groups in total. The first-order chi connectivity index (χ1) is 8.22. The predicted octanol–water partition coefficient (Wildman–Crippen LogP) is 1.15. The average Bonchev–Trinajstić information content (AvgIpc) is 2.74. The van der Waals surface area contributed by atoms with Crippen molar-refractivity contribution in [3.05, 3.63) is 18.2 Å². The van der Waals surface area contributed by atoms with Crippen molar-refractivity contribution in [2.24, 2.45) is 0 Å². The molecule has 0 aliphatic heterocycles. The van der Waals surface area contributed by atoms with Gasteiger partial charge in [-0.1, -0.05) is 0 Å². The van der Waals surface area contributed by atoms with Crippen LogP contribution in [0.25, 0.3) is 0 Å². The molecule has 0 bridgehead atoms. The third-order valence-corrected chi connectivity index (χ3v) is 2.14. The van der Waals surface area contributed by atoms with Gasteiger partial charge in [0.15, 0.2) is 11.5 Å². The zero-order valence-electron chi connectivity index (χ0n) is 9.52. The molecule has 2 aromatic rings. The van der Waals surface area contributed by atoms with E-state index in [1.807, 2.05) is 6.07 Å². The lowest BCUT2D eigenvalue weighted by atomic mass is 10.3. The van der Waals surface area contributed by atoms with Crippen LogP contribution in [0.5, 0.6) is 11.5 Å². The van der Waals surface area contributed by atoms with Gasteiger partial charge in [0.05, 0.1) is 14.2 Å². The molecule has 0 saturated heterocycles. The molecule has 0 spiro atoms. The number of nitrogens with zero attached hydrogens (tertiary/aromatic N) is 2. The molecule has 0 amide bonds. The predicted molar refractivity (Wildman–Crippen MR) is 63.6 cm³/mol. The Morgan fingerprint density at radius 2 is 2.00 bits per heavy atom. The number of H-pyrrole nitrogens is 1. The van der Waals surface area contributed by atoms with Gasteiger partial charge < -0.3 is 20.5 Å². The minimum atomic E-state index is 0.257. The second-order valence-corrected chi connectivity index (χ2v) is 3.24. The van der Waals surface area contributed by atoms with Gasteiger partial charge in [-0.25, -0.2) is 5.10 Å². The molecule has 1 aromatic heterocycles. The van der Waals surface area contributed by atoms with Crippen LogP contribution in [0.15, 0.2) is 18.2 Å². The van der Waals surface area contributed by atoms with Crippen LogP contribution in [0.1, 0.15) is 0 Å². The number of anilines is 3. The summed E-state index contributed by atoms with van der Waals surface area (Å²) in [6, 6.07) is 5.40. The Labute approximate surface area is 98.0 Å². The van der Waals surface area contributed by atoms with Crippen molar-refractivity contribution in [1.29, 1.82) is 0 Å². The van der Waals surface area contributed by atoms with Crippen molar-refractivity contribution in [2.75, 3.05) is 25.3 Å². The molecule has 7 heteroatoms. The third kappa shape index (κ3) is 2.39. The summed E-state index contributed by atoms with van der Waals surface area (Å²) in [6.45, 7) is 0. The fraction of sp³-hybridized carbons (Fsp3) is 0.200. The van der Waals surface area contributed by atoms with Gasteiger partial charge >= 0.3 is 0 Å². The Hall–Kier alpha value is -2.44. The zero-order chi connectivity index (χ0) is 12.3. The van der Waals surface area contributed by atoms with Crippen molar-refractivity contribution >= 4 is 17.6 Å². The number of nitrogen functional groups attached to an aromatic ring is 1. The lowest BCUT2D eigenvalue weighted by Gasteiger charge is -2.09. The summed E-state index contributed by atoms with van der Waals surface area (Å²) < 4.78 is 10.3. The van der Waals surface area contributed by atoms with E-state index in [1.54, 1.807) is 26.4 Å². The molecule has 0 fully saturated rings. The number of methoxy groups -OCH3 is 2. The van der Waals surface area contributed by atoms with Crippen LogP contribution in [-0.4, -0.2) is 29.4 Å². The molecular formula is C10H13N5O2. The highest BCUT2D eigenvalue weighted by Crippen LogP contribution is 2.30. The van der Waals surface area contributed by atoms with Gasteiger partial charge in [-0.2, -0.15) is 4.98 Å². The summed E-state index contributed by atoms with van der Waals surface area (Å²) in [6.07, 6.45) is 0. The van der Waals surface area contributed by atoms with Crippen molar-refractivity contribution in [3.8, 4) is 11.5 Å². The SMILES string of the molecule is COc1ccc(Nc2n[nH]c(N)n2)cc1OC. The normalized spacial score (nSPS) is 10.0. The molecule has 0 saturated carbocycles. The van der Waals surface area contributed by atoms with Gasteiger partial charge in [-0.3, -0.25) is 0 Å². The van der Waals surface area contributed by atoms with E-state index in [0.717, 1.165) is 5.69 Å². The lowest BCUT2D eigenvalue weighted by molar-refractivity contribution is 0.355. The molecule has 7 nitrogen and oxygen atoms in total. The second-order valence-electron chi connectivity index (χ2n) is 3.24. The Bertz CT molecular complexity index is 511. The zero-order valence-corrected chi connectivity index (χ0v) is 9.52. The number of nitrogens with two attached hydrogens (primary N) is 1. The van der Waals surface area contributed by atoms with Gasteiger partial charge in [0, 0.05) is 11.8 Å². The molecule has 17 heavy (non-hydrogen) atoms. The largest absolute Gasteiger partial charge is 0.493 e. The van der Waals surface area contributed by atoms with Crippen LogP contribution < -0.4 is 20.5 Å². The molecule has 0 aliphatic rings. The monoisotopic (exact) mass is 235 g/mol. The van der Waals surface area contributed by atoms with Crippen LogP contribution in [0.2, 0.25) is 0 Å². The van der Waals surface area contributed by atoms with E-state index in [9.17, 15) is 0 Å². The van der Waals surface area contributed by atoms with E-state index in [2.05, 4.69) is 20.5 Å². The molecule has 0 atom stereocenters. The number of rotatable bonds is 4. The molecular weight excluding hydrogens is 222 g/mol. The number of benzene rings is 1. The maximum absolute atomic E-state index is 5.42. The average molecular weight is 235 g/mol. The Balaban J connectivity index is 2.22. The molecule has 1 aromatic carbocycles. The van der Waals surface area contributed by atoms with Crippen LogP contribution >= 0.6 is 0 Å². The van der Waals surface area contributed by atoms with Gasteiger partial charge in [-0.15, -0.1) is 5.10 Å². The number of aromatic nitrogens is 3. The summed E-state index contributed by atoms with van der Waals surface area (Å²) in [4.78, 5) is 3.93. The van der Waals surface area contributed by atoms with Crippen molar-refractivity contribution < 1.29 is 9.47 Å². The molecule has 90 valence electrons. The molecule has 0 unspecified atom stereocenters. The standard InChI is InChI=1S/C10H13N5O2/c1-16-7-4-3-6(5-8(7)17-2)12-10-13-9(11)14-15-10/h3-5H,1-2H3,(H4,11,12,13,14,15). The highest BCUT2D eigenvalue weighted by molar-refractivity contribution is 5.59. The van der Waals surface area contributed by atoms with Crippen LogP contribution in [0, 0.1) is 0 Å². The maximum Gasteiger partial charge on any atom is 0.248 e. The summed E-state index contributed by atoms with van der Waals surface area (Å²) in [5, 5.41) is 9.38. The number of nitrogens with one attached hydrogen (secondary N) is 2. The second kappa shape index (κ2) is 4.60. The van der Waals surface area contributed by atoms with Crippen molar-refractivity contribution in [2.45, 2.75) is 0 Å². The summed E-state index contributed by atoms with van der Waals surface area (Å²) >= 11 is 0. The lowest BCUT2D eigenvalue weighted by Crippen LogP contribution is -1.95. The van der Waals surface area contributed by atoms with E-state index >= 15 is 0 Å². The van der Waals surface area contributed by atoms with Gasteiger partial charge in [0.2, 0.25) is 11.9 Å². The van der Waals surface area contributed by atoms with Gasteiger partial charge in [0.1, 0.15) is 0 Å². The molecule has 2 rings (SSSR count). The van der Waals surface area contributed by atoms with Crippen LogP contribution in [0.3, 0.4) is 0 Å². The van der Waals surface area contributed by atoms with Crippen molar-refractivity contribution in [1.82, 2.24) is 15.2 Å². The van der Waals surface area contributed by atoms with Crippen LogP contribution in [0.4, 0.5) is 17.6 Å². The van der Waals surface area contributed by atoms with Crippen molar-refractivity contribution in [3.63, 3.8) is 0 Å². The minimum Gasteiger partial charge on any atom is -0.493 e. The van der Waals surface area contributed by atoms with E-state index in [1.165, 1.54) is 0 Å². The minimum absolute atomic E-state index is 0.257. The number of aromatic amines is 1. The third-order valence-electron chi connectivity index (χ3n) is 2.14. The number of hydrogen-bond acceptors (Lipinski definition) is 6. The first-order valence-corrected chi connectivity index (χ1v) is 4.90. The van der Waals surface area contributed by atoms with E-state index < -0.39 is 0 Å². The Morgan fingerprint density at radius 1 is 1.24 bits per heavy atom. The highest BCUT2D eigenvalue weighted by atomic mass is 16.5.